The number of pyridine rings is 1. The Morgan fingerprint density at radius 1 is 0.970 bits per heavy atom. The van der Waals surface area contributed by atoms with Gasteiger partial charge >= 0.3 is 0 Å². The van der Waals surface area contributed by atoms with Gasteiger partial charge in [0.2, 0.25) is 0 Å². The summed E-state index contributed by atoms with van der Waals surface area (Å²) in [6, 6.07) is 18.5. The highest BCUT2D eigenvalue weighted by atomic mass is 35.5. The van der Waals surface area contributed by atoms with Crippen molar-refractivity contribution in [2.24, 2.45) is 5.92 Å². The number of anilines is 3. The second-order valence-electron chi connectivity index (χ2n) is 8.13. The predicted octanol–water partition coefficient (Wildman–Crippen LogP) is 5.38. The number of benzene rings is 2. The maximum Gasteiger partial charge on any atom is 0.255 e. The smallest absolute Gasteiger partial charge is 0.255 e. The molecule has 7 heteroatoms. The molecule has 0 radical (unpaired) electrons. The number of aromatic nitrogens is 1. The Bertz CT molecular complexity index is 1080. The van der Waals surface area contributed by atoms with Gasteiger partial charge in [0.05, 0.1) is 17.2 Å². The molecule has 0 aliphatic carbocycles. The second-order valence-corrected chi connectivity index (χ2v) is 8.56. The topological polar surface area (TPSA) is 69.3 Å². The molecule has 6 nitrogen and oxygen atoms in total. The molecule has 0 atom stereocenters. The molecule has 1 saturated heterocycles. The molecule has 4 rings (SSSR count). The molecule has 170 valence electrons. The van der Waals surface area contributed by atoms with Crippen molar-refractivity contribution >= 4 is 34.6 Å². The van der Waals surface area contributed by atoms with Gasteiger partial charge in [-0.1, -0.05) is 30.3 Å². The van der Waals surface area contributed by atoms with Crippen LogP contribution in [0.25, 0.3) is 0 Å². The van der Waals surface area contributed by atoms with Crippen LogP contribution in [0.4, 0.5) is 17.1 Å². The fourth-order valence-corrected chi connectivity index (χ4v) is 4.05. The number of carbonyl (C=O) groups is 1. The van der Waals surface area contributed by atoms with Crippen molar-refractivity contribution in [1.82, 2.24) is 10.3 Å². The normalized spacial score (nSPS) is 13.9. The number of nitrogens with zero attached hydrogens (tertiary/aromatic N) is 2. The summed E-state index contributed by atoms with van der Waals surface area (Å²) in [4.78, 5) is 19.1. The SMILES string of the molecule is C=C(NCC1CCN(c2ccncc2)CC1)Nc1ccccc1NC(=O)c1ccc(Cl)cc1. The highest BCUT2D eigenvalue weighted by Crippen LogP contribution is 2.24. The van der Waals surface area contributed by atoms with E-state index >= 15 is 0 Å². The van der Waals surface area contributed by atoms with Gasteiger partial charge in [-0.05, 0) is 67.3 Å². The van der Waals surface area contributed by atoms with Crippen LogP contribution in [0.15, 0.2) is 85.5 Å². The highest BCUT2D eigenvalue weighted by Gasteiger charge is 2.19. The largest absolute Gasteiger partial charge is 0.372 e. The quantitative estimate of drug-likeness (QED) is 0.420. The third kappa shape index (κ3) is 6.26. The van der Waals surface area contributed by atoms with Crippen molar-refractivity contribution < 1.29 is 4.79 Å². The minimum Gasteiger partial charge on any atom is -0.372 e. The fourth-order valence-electron chi connectivity index (χ4n) is 3.92. The summed E-state index contributed by atoms with van der Waals surface area (Å²) in [5.74, 6) is 1.10. The molecule has 1 aromatic heterocycles. The fraction of sp³-hybridized carbons (Fsp3) is 0.231. The predicted molar refractivity (Wildman–Crippen MR) is 136 cm³/mol. The first-order chi connectivity index (χ1) is 16.1. The lowest BCUT2D eigenvalue weighted by Gasteiger charge is -2.34. The van der Waals surface area contributed by atoms with E-state index in [1.54, 1.807) is 24.3 Å². The molecule has 3 N–H and O–H groups in total. The highest BCUT2D eigenvalue weighted by molar-refractivity contribution is 6.30. The lowest BCUT2D eigenvalue weighted by molar-refractivity contribution is 0.102. The maximum atomic E-state index is 12.6. The molecule has 3 aromatic rings. The zero-order chi connectivity index (χ0) is 23.0. The summed E-state index contributed by atoms with van der Waals surface area (Å²) in [6.45, 7) is 7.05. The van der Waals surface area contributed by atoms with E-state index in [-0.39, 0.29) is 5.91 Å². The van der Waals surface area contributed by atoms with Gasteiger partial charge in [-0.15, -0.1) is 0 Å². The van der Waals surface area contributed by atoms with Crippen LogP contribution in [0.2, 0.25) is 5.02 Å². The van der Waals surface area contributed by atoms with E-state index in [0.29, 0.717) is 28.0 Å². The van der Waals surface area contributed by atoms with E-state index in [4.69, 9.17) is 11.6 Å². The van der Waals surface area contributed by atoms with Gasteiger partial charge in [0, 0.05) is 48.3 Å². The van der Waals surface area contributed by atoms with Crippen molar-refractivity contribution in [3.05, 3.63) is 96.0 Å². The van der Waals surface area contributed by atoms with Gasteiger partial charge in [0.15, 0.2) is 0 Å². The molecule has 0 spiro atoms. The maximum absolute atomic E-state index is 12.6. The molecule has 2 heterocycles. The Morgan fingerprint density at radius 3 is 2.27 bits per heavy atom. The van der Waals surface area contributed by atoms with E-state index in [0.717, 1.165) is 38.2 Å². The number of nitrogens with one attached hydrogen (secondary N) is 3. The molecule has 0 saturated carbocycles. The number of piperidine rings is 1. The summed E-state index contributed by atoms with van der Waals surface area (Å²) < 4.78 is 0. The van der Waals surface area contributed by atoms with Crippen LogP contribution in [0, 0.1) is 5.92 Å². The molecule has 1 amide bonds. The number of hydrogen-bond donors (Lipinski definition) is 3. The van der Waals surface area contributed by atoms with Gasteiger partial charge in [-0.2, -0.15) is 0 Å². The molecule has 1 fully saturated rings. The molecular weight excluding hydrogens is 434 g/mol. The van der Waals surface area contributed by atoms with Gasteiger partial charge in [-0.25, -0.2) is 0 Å². The summed E-state index contributed by atoms with van der Waals surface area (Å²) in [6.07, 6.45) is 5.93. The number of halogens is 1. The Balaban J connectivity index is 1.27. The van der Waals surface area contributed by atoms with Crippen LogP contribution < -0.4 is 20.9 Å². The minimum atomic E-state index is -0.194. The van der Waals surface area contributed by atoms with Crippen molar-refractivity contribution in [2.75, 3.05) is 35.2 Å². The number of para-hydroxylation sites is 2. The number of carbonyl (C=O) groups excluding carboxylic acids is 1. The van der Waals surface area contributed by atoms with Crippen molar-refractivity contribution in [3.8, 4) is 0 Å². The Labute approximate surface area is 199 Å². The molecule has 0 unspecified atom stereocenters. The van der Waals surface area contributed by atoms with E-state index in [1.165, 1.54) is 5.69 Å². The minimum absolute atomic E-state index is 0.194. The van der Waals surface area contributed by atoms with E-state index in [2.05, 4.69) is 44.5 Å². The molecular formula is C26H28ClN5O. The van der Waals surface area contributed by atoms with E-state index in [9.17, 15) is 4.79 Å². The lowest BCUT2D eigenvalue weighted by Crippen LogP contribution is -2.37. The third-order valence-corrected chi connectivity index (χ3v) is 6.07. The third-order valence-electron chi connectivity index (χ3n) is 5.81. The van der Waals surface area contributed by atoms with E-state index in [1.807, 2.05) is 36.7 Å². The summed E-state index contributed by atoms with van der Waals surface area (Å²) >= 11 is 5.92. The van der Waals surface area contributed by atoms with Crippen molar-refractivity contribution in [3.63, 3.8) is 0 Å². The second kappa shape index (κ2) is 10.9. The van der Waals surface area contributed by atoms with Crippen LogP contribution in [0.3, 0.4) is 0 Å². The number of rotatable bonds is 8. The van der Waals surface area contributed by atoms with Gasteiger partial charge < -0.3 is 20.9 Å². The number of amides is 1. The summed E-state index contributed by atoms with van der Waals surface area (Å²) in [5.41, 5.74) is 3.25. The Hall–Kier alpha value is -3.51. The van der Waals surface area contributed by atoms with E-state index < -0.39 is 0 Å². The van der Waals surface area contributed by atoms with Gasteiger partial charge in [0.1, 0.15) is 0 Å². The molecule has 33 heavy (non-hydrogen) atoms. The van der Waals surface area contributed by atoms with Crippen LogP contribution in [-0.4, -0.2) is 30.5 Å². The van der Waals surface area contributed by atoms with Crippen LogP contribution in [0.1, 0.15) is 23.2 Å². The monoisotopic (exact) mass is 461 g/mol. The van der Waals surface area contributed by atoms with Gasteiger partial charge in [-0.3, -0.25) is 9.78 Å². The zero-order valence-corrected chi connectivity index (χ0v) is 19.2. The average molecular weight is 462 g/mol. The number of hydrogen-bond acceptors (Lipinski definition) is 5. The Morgan fingerprint density at radius 2 is 1.61 bits per heavy atom. The first-order valence-corrected chi connectivity index (χ1v) is 11.5. The van der Waals surface area contributed by atoms with Crippen molar-refractivity contribution in [2.45, 2.75) is 12.8 Å². The molecule has 0 bridgehead atoms. The first kappa shape index (κ1) is 22.7. The summed E-state index contributed by atoms with van der Waals surface area (Å²) in [7, 11) is 0. The molecule has 2 aromatic carbocycles. The van der Waals surface area contributed by atoms with Crippen LogP contribution in [-0.2, 0) is 0 Å². The van der Waals surface area contributed by atoms with Crippen LogP contribution >= 0.6 is 11.6 Å². The molecule has 1 aliphatic rings. The lowest BCUT2D eigenvalue weighted by atomic mass is 9.96. The van der Waals surface area contributed by atoms with Crippen LogP contribution in [0.5, 0.6) is 0 Å². The van der Waals surface area contributed by atoms with Crippen molar-refractivity contribution in [1.29, 1.82) is 0 Å². The first-order valence-electron chi connectivity index (χ1n) is 11.1. The standard InChI is InChI=1S/C26H28ClN5O/c1-19(29-18-20-12-16-32(17-13-20)23-10-14-28-15-11-23)30-24-4-2-3-5-25(24)31-26(33)21-6-8-22(27)9-7-21/h2-11,14-15,20,29-30H,1,12-13,16-18H2,(H,31,33). The Kier molecular flexibility index (Phi) is 7.47. The molecule has 1 aliphatic heterocycles. The summed E-state index contributed by atoms with van der Waals surface area (Å²) in [5, 5.41) is 10.3. The average Bonchev–Trinajstić information content (AvgIpc) is 2.85. The van der Waals surface area contributed by atoms with Gasteiger partial charge in [0.25, 0.3) is 5.91 Å². The zero-order valence-electron chi connectivity index (χ0n) is 18.4.